The van der Waals surface area contributed by atoms with Crippen LogP contribution in [0.25, 0.3) is 11.2 Å². The Morgan fingerprint density at radius 2 is 1.49 bits per heavy atom. The first kappa shape index (κ1) is 49.4. The Morgan fingerprint density at radius 3 is 2.05 bits per heavy atom. The molecule has 0 saturated carbocycles. The fourth-order valence-corrected chi connectivity index (χ4v) is 5.11. The van der Waals surface area contributed by atoms with E-state index in [-0.39, 0.29) is 25.1 Å². The van der Waals surface area contributed by atoms with Gasteiger partial charge in [0.15, 0.2) is 11.5 Å². The van der Waals surface area contributed by atoms with E-state index in [1.807, 2.05) is 52.0 Å². The number of aliphatic hydroxyl groups excluding tert-OH is 1. The Labute approximate surface area is 335 Å². The summed E-state index contributed by atoms with van der Waals surface area (Å²) < 4.78 is 57.2. The molecule has 19 heteroatoms. The lowest BCUT2D eigenvalue weighted by Gasteiger charge is -2.22. The number of nitrogens with two attached hydrogens (primary N) is 1. The summed E-state index contributed by atoms with van der Waals surface area (Å²) in [6, 6.07) is 8.09. The molecule has 0 amide bonds. The Hall–Kier alpha value is -3.74. The third-order valence-electron chi connectivity index (χ3n) is 7.33. The lowest BCUT2D eigenvalue weighted by molar-refractivity contribution is -0.162. The summed E-state index contributed by atoms with van der Waals surface area (Å²) in [6.07, 6.45) is 2.10. The second kappa shape index (κ2) is 24.2. The number of ether oxygens (including phenoxy) is 6. The number of hydrogen-bond acceptors (Lipinski definition) is 17. The zero-order chi connectivity index (χ0) is 42.6. The van der Waals surface area contributed by atoms with E-state index in [4.69, 9.17) is 43.2 Å². The summed E-state index contributed by atoms with van der Waals surface area (Å²) in [4.78, 5) is 36.0. The zero-order valence-corrected chi connectivity index (χ0v) is 35.9. The predicted molar refractivity (Wildman–Crippen MR) is 213 cm³/mol. The standard InChI is InChI=1S/C20H32N5O8P.C18H31NO4/c1-19(2,3)17(26)30-11-32-34(28,33-12-31-18(27)20(4,5)6)13-29-8-7-25-10-24-14-15(21)22-9-23-16(14)25;1-14(2)19-11-17(20)13-23-18-7-5-16(6-8-18)12-21-9-10-22-15(3)4/h9-10H,7-8,11-13H2,1-6H3,(H2,21,22,23);5-8,14-15,17,19-20H,9-13H2,1-4H3. The largest absolute Gasteiger partial charge is 0.491 e. The number of aliphatic hydroxyl groups is 1. The van der Waals surface area contributed by atoms with E-state index >= 15 is 0 Å². The SMILES string of the molecule is CC(C)(C)C(=O)OCOP(=O)(COCCn1cnc2c(N)ncnc21)OCOC(=O)C(C)(C)C.CC(C)NCC(O)COc1ccc(COCCOC(C)C)cc1. The average Bonchev–Trinajstić information content (AvgIpc) is 3.55. The normalized spacial score (nSPS) is 12.7. The summed E-state index contributed by atoms with van der Waals surface area (Å²) in [5.74, 6) is -0.0918. The van der Waals surface area contributed by atoms with Gasteiger partial charge < -0.3 is 49.1 Å². The fraction of sp³-hybridized carbons (Fsp3) is 0.658. The highest BCUT2D eigenvalue weighted by molar-refractivity contribution is 7.53. The van der Waals surface area contributed by atoms with Gasteiger partial charge in [-0.2, -0.15) is 0 Å². The van der Waals surface area contributed by atoms with Gasteiger partial charge in [-0.3, -0.25) is 23.2 Å². The number of nitrogens with zero attached hydrogens (tertiary/aromatic N) is 4. The van der Waals surface area contributed by atoms with Crippen LogP contribution in [-0.2, 0) is 60.0 Å². The average molecular weight is 827 g/mol. The molecule has 3 rings (SSSR count). The molecule has 0 fully saturated rings. The van der Waals surface area contributed by atoms with Crippen LogP contribution in [0.15, 0.2) is 36.9 Å². The maximum Gasteiger partial charge on any atom is 0.361 e. The first-order valence-electron chi connectivity index (χ1n) is 18.7. The van der Waals surface area contributed by atoms with E-state index in [9.17, 15) is 19.3 Å². The quantitative estimate of drug-likeness (QED) is 0.0491. The molecule has 18 nitrogen and oxygen atoms in total. The zero-order valence-electron chi connectivity index (χ0n) is 35.0. The number of nitrogen functional groups attached to an aromatic ring is 1. The molecule has 0 radical (unpaired) electrons. The maximum absolute atomic E-state index is 13.1. The van der Waals surface area contributed by atoms with Crippen molar-refractivity contribution < 1.29 is 56.7 Å². The molecule has 4 N–H and O–H groups in total. The molecule has 322 valence electrons. The van der Waals surface area contributed by atoms with Crippen LogP contribution in [0, 0.1) is 10.8 Å². The Balaban J connectivity index is 0.000000425. The van der Waals surface area contributed by atoms with Crippen molar-refractivity contribution in [2.24, 2.45) is 10.8 Å². The van der Waals surface area contributed by atoms with Crippen molar-refractivity contribution in [3.63, 3.8) is 0 Å². The second-order valence-corrected chi connectivity index (χ2v) is 17.5. The van der Waals surface area contributed by atoms with E-state index in [1.165, 1.54) is 12.7 Å². The monoisotopic (exact) mass is 826 g/mol. The van der Waals surface area contributed by atoms with Crippen molar-refractivity contribution in [2.45, 2.75) is 101 Å². The maximum atomic E-state index is 13.1. The Bertz CT molecular complexity index is 1640. The topological polar surface area (TPSA) is 227 Å². The van der Waals surface area contributed by atoms with Crippen LogP contribution in [0.3, 0.4) is 0 Å². The van der Waals surface area contributed by atoms with E-state index in [0.29, 0.717) is 50.1 Å². The van der Waals surface area contributed by atoms with Gasteiger partial charge in [0, 0.05) is 19.1 Å². The summed E-state index contributed by atoms with van der Waals surface area (Å²) in [7, 11) is -3.95. The minimum atomic E-state index is -3.95. The van der Waals surface area contributed by atoms with Gasteiger partial charge in [-0.1, -0.05) is 26.0 Å². The summed E-state index contributed by atoms with van der Waals surface area (Å²) >= 11 is 0. The number of carbonyl (C=O) groups is 2. The van der Waals surface area contributed by atoms with E-state index in [2.05, 4.69) is 20.3 Å². The molecule has 1 atom stereocenters. The first-order chi connectivity index (χ1) is 26.7. The number of aromatic nitrogens is 4. The van der Waals surface area contributed by atoms with Crippen LogP contribution < -0.4 is 15.8 Å². The van der Waals surface area contributed by atoms with Gasteiger partial charge in [0.2, 0.25) is 13.6 Å². The van der Waals surface area contributed by atoms with Crippen LogP contribution >= 0.6 is 7.60 Å². The first-order valence-corrected chi connectivity index (χ1v) is 20.5. The van der Waals surface area contributed by atoms with Gasteiger partial charge in [0.05, 0.1) is 49.7 Å². The highest BCUT2D eigenvalue weighted by Crippen LogP contribution is 2.48. The molecule has 0 aliphatic rings. The smallest absolute Gasteiger partial charge is 0.361 e. The van der Waals surface area contributed by atoms with E-state index in [1.54, 1.807) is 46.1 Å². The second-order valence-electron chi connectivity index (χ2n) is 15.5. The molecule has 2 heterocycles. The van der Waals surface area contributed by atoms with Crippen molar-refractivity contribution in [3.05, 3.63) is 42.5 Å². The highest BCUT2D eigenvalue weighted by Gasteiger charge is 2.30. The van der Waals surface area contributed by atoms with Crippen LogP contribution in [-0.4, -0.2) is 108 Å². The predicted octanol–water partition coefficient (Wildman–Crippen LogP) is 5.07. The van der Waals surface area contributed by atoms with Gasteiger partial charge in [-0.15, -0.1) is 0 Å². The van der Waals surface area contributed by atoms with Crippen molar-refractivity contribution in [3.8, 4) is 5.75 Å². The number of esters is 2. The molecule has 0 aliphatic carbocycles. The van der Waals surface area contributed by atoms with Crippen LogP contribution in [0.4, 0.5) is 5.82 Å². The molecule has 0 spiro atoms. The van der Waals surface area contributed by atoms with E-state index in [0.717, 1.165) is 11.3 Å². The number of benzene rings is 1. The summed E-state index contributed by atoms with van der Waals surface area (Å²) in [5, 5.41) is 13.0. The van der Waals surface area contributed by atoms with Crippen molar-refractivity contribution >= 4 is 36.5 Å². The number of anilines is 1. The van der Waals surface area contributed by atoms with Crippen LogP contribution in [0.5, 0.6) is 5.75 Å². The minimum Gasteiger partial charge on any atom is -0.491 e. The highest BCUT2D eigenvalue weighted by atomic mass is 31.2. The molecule has 57 heavy (non-hydrogen) atoms. The lowest BCUT2D eigenvalue weighted by atomic mass is 9.98. The van der Waals surface area contributed by atoms with Gasteiger partial charge in [0.25, 0.3) is 0 Å². The van der Waals surface area contributed by atoms with Gasteiger partial charge in [-0.25, -0.2) is 15.0 Å². The molecular weight excluding hydrogens is 763 g/mol. The molecule has 1 aromatic carbocycles. The van der Waals surface area contributed by atoms with E-state index < -0.39 is 56.4 Å². The van der Waals surface area contributed by atoms with Crippen molar-refractivity contribution in [1.29, 1.82) is 0 Å². The summed E-state index contributed by atoms with van der Waals surface area (Å²) in [6.45, 7) is 19.8. The van der Waals surface area contributed by atoms with Gasteiger partial charge in [0.1, 0.15) is 36.7 Å². The third-order valence-corrected chi connectivity index (χ3v) is 8.83. The number of imidazole rings is 1. The summed E-state index contributed by atoms with van der Waals surface area (Å²) in [5.41, 5.74) is 6.30. The molecule has 0 saturated heterocycles. The molecular formula is C38H63N6O12P. The molecule has 1 unspecified atom stereocenters. The Morgan fingerprint density at radius 1 is 0.877 bits per heavy atom. The number of rotatable bonds is 23. The van der Waals surface area contributed by atoms with Gasteiger partial charge >= 0.3 is 19.5 Å². The number of carbonyl (C=O) groups excluding carboxylic acids is 2. The molecule has 0 bridgehead atoms. The number of nitrogens with one attached hydrogen (secondary N) is 1. The number of fused-ring (bicyclic) bond motifs is 1. The van der Waals surface area contributed by atoms with Crippen molar-refractivity contribution in [2.75, 3.05) is 58.6 Å². The molecule has 2 aromatic heterocycles. The van der Waals surface area contributed by atoms with Crippen LogP contribution in [0.1, 0.15) is 74.8 Å². The minimum absolute atomic E-state index is 0.0929. The van der Waals surface area contributed by atoms with Gasteiger partial charge in [-0.05, 0) is 73.1 Å². The van der Waals surface area contributed by atoms with Crippen LogP contribution in [0.2, 0.25) is 0 Å². The third kappa shape index (κ3) is 20.0. The lowest BCUT2D eigenvalue weighted by Crippen LogP contribution is -2.35. The number of hydrogen-bond donors (Lipinski definition) is 3. The fourth-order valence-electron chi connectivity index (χ4n) is 4.10. The molecule has 3 aromatic rings. The Kier molecular flexibility index (Phi) is 21.0. The molecule has 0 aliphatic heterocycles. The van der Waals surface area contributed by atoms with Crippen molar-refractivity contribution in [1.82, 2.24) is 24.8 Å².